The number of benzene rings is 13. The summed E-state index contributed by atoms with van der Waals surface area (Å²) in [6, 6.07) is 77.8. The molecule has 0 saturated heterocycles. The van der Waals surface area contributed by atoms with E-state index in [9.17, 15) is 13.2 Å². The van der Waals surface area contributed by atoms with Crippen molar-refractivity contribution < 1.29 is 35.2 Å². The number of nitrogens with zero attached hydrogens (tertiary/aromatic N) is 3. The van der Waals surface area contributed by atoms with Crippen LogP contribution in [0.3, 0.4) is 0 Å². The lowest BCUT2D eigenvalue weighted by atomic mass is 9.65. The van der Waals surface area contributed by atoms with Crippen LogP contribution in [-0.4, -0.2) is 4.57 Å². The SMILES string of the molecule is Cc1ccc(N(c2ccc3c(c2)c2cc(N(c4ccc(C)cc4C)c4cccc5c4oc4c(C(F)(F)F)cccc45)cc4c2n3-c2ccccc2C42c3ccc4ccccc4c3-c3c2ccc2ccccc32)c2cccc3c2oc2c(C(F)(F)F)cccc23)c(C)c1. The van der Waals surface area contributed by atoms with Crippen LogP contribution >= 0.6 is 0 Å². The molecule has 92 heavy (non-hydrogen) atoms. The van der Waals surface area contributed by atoms with Gasteiger partial charge in [0.1, 0.15) is 11.2 Å². The molecular weight excluding hydrogens is 1160 g/mol. The summed E-state index contributed by atoms with van der Waals surface area (Å²) in [5.41, 5.74) is 14.8. The van der Waals surface area contributed by atoms with Crippen molar-refractivity contribution >= 4 is 121 Å². The van der Waals surface area contributed by atoms with Gasteiger partial charge in [0, 0.05) is 55.1 Å². The average molecular weight is 1210 g/mol. The molecule has 0 amide bonds. The van der Waals surface area contributed by atoms with Crippen LogP contribution in [0.2, 0.25) is 0 Å². The quantitative estimate of drug-likeness (QED) is 0.156. The third kappa shape index (κ3) is 7.38. The number of aryl methyl sites for hydroxylation is 4. The standard InChI is InChI=1S/C81H51F6N3O2/c1-44-29-36-66(46(3)39-44)88(70-27-13-21-56-54-19-11-24-63(80(82,83)84)75(54)91-77(56)70)50-33-38-68-58(41-50)59-42-51(89(67-37-30-45(2)40-47(67)4)71-28-14-22-57-55-20-12-25-64(81(85,86)87)76(55)92-78(57)71)43-65-74(59)90(68)69-26-10-9-23-60(69)79(65)61-34-31-48-15-5-7-17-52(48)72(61)73-53-18-8-6-16-49(53)32-35-62(73)79/h5-43H,1-4H3. The number of furan rings is 2. The number of hydrogen-bond acceptors (Lipinski definition) is 4. The first-order chi connectivity index (χ1) is 44.6. The molecule has 13 aromatic carbocycles. The highest BCUT2D eigenvalue weighted by molar-refractivity contribution is 6.20. The number of hydrogen-bond donors (Lipinski definition) is 0. The highest BCUT2D eigenvalue weighted by Gasteiger charge is 2.52. The summed E-state index contributed by atoms with van der Waals surface area (Å²) >= 11 is 0. The summed E-state index contributed by atoms with van der Waals surface area (Å²) in [6.45, 7) is 8.17. The molecule has 18 rings (SSSR count). The van der Waals surface area contributed by atoms with Crippen molar-refractivity contribution in [2.24, 2.45) is 0 Å². The fraction of sp³-hybridized carbons (Fsp3) is 0.0864. The summed E-state index contributed by atoms with van der Waals surface area (Å²) in [5, 5.41) is 7.96. The number of aromatic nitrogens is 1. The minimum Gasteiger partial charge on any atom is -0.453 e. The Morgan fingerprint density at radius 1 is 0.348 bits per heavy atom. The Balaban J connectivity index is 1.01. The zero-order chi connectivity index (χ0) is 62.4. The second kappa shape index (κ2) is 19.0. The predicted molar refractivity (Wildman–Crippen MR) is 360 cm³/mol. The summed E-state index contributed by atoms with van der Waals surface area (Å²) in [5.74, 6) is 0. The summed E-state index contributed by atoms with van der Waals surface area (Å²) in [6.07, 6.45) is -9.37. The molecule has 5 nitrogen and oxygen atoms in total. The lowest BCUT2D eigenvalue weighted by Crippen LogP contribution is -2.33. The van der Waals surface area contributed by atoms with Crippen LogP contribution in [0.1, 0.15) is 55.6 Å². The maximum atomic E-state index is 15.1. The third-order valence-corrected chi connectivity index (χ3v) is 19.5. The van der Waals surface area contributed by atoms with Crippen LogP contribution in [0.15, 0.2) is 245 Å². The van der Waals surface area contributed by atoms with Gasteiger partial charge in [0.25, 0.3) is 0 Å². The van der Waals surface area contributed by atoms with Gasteiger partial charge in [-0.3, -0.25) is 0 Å². The summed E-state index contributed by atoms with van der Waals surface area (Å²) in [4.78, 5) is 4.25. The first kappa shape index (κ1) is 53.9. The van der Waals surface area contributed by atoms with E-state index in [1.54, 1.807) is 18.2 Å². The second-order valence-corrected chi connectivity index (χ2v) is 24.7. The molecule has 3 aromatic heterocycles. The van der Waals surface area contributed by atoms with Crippen molar-refractivity contribution in [1.82, 2.24) is 4.57 Å². The Labute approximate surface area is 522 Å². The molecule has 1 aliphatic carbocycles. The van der Waals surface area contributed by atoms with Crippen molar-refractivity contribution in [3.63, 3.8) is 0 Å². The van der Waals surface area contributed by atoms with E-state index in [-0.39, 0.29) is 11.2 Å². The summed E-state index contributed by atoms with van der Waals surface area (Å²) < 4.78 is 105. The fourth-order valence-electron chi connectivity index (χ4n) is 15.8. The lowest BCUT2D eigenvalue weighted by Gasteiger charge is -2.40. The molecule has 2 aliphatic rings. The molecule has 0 atom stereocenters. The number of rotatable bonds is 6. The van der Waals surface area contributed by atoms with Gasteiger partial charge in [0.15, 0.2) is 11.2 Å². The van der Waals surface area contributed by atoms with Crippen LogP contribution in [0.4, 0.5) is 60.5 Å². The third-order valence-electron chi connectivity index (χ3n) is 19.5. The lowest BCUT2D eigenvalue weighted by molar-refractivity contribution is -0.137. The Morgan fingerprint density at radius 3 is 1.35 bits per heavy atom. The van der Waals surface area contributed by atoms with Crippen LogP contribution in [0.25, 0.3) is 104 Å². The van der Waals surface area contributed by atoms with E-state index in [2.05, 4.69) is 173 Å². The van der Waals surface area contributed by atoms with Gasteiger partial charge < -0.3 is 23.2 Å². The van der Waals surface area contributed by atoms with E-state index in [1.165, 1.54) is 12.1 Å². The van der Waals surface area contributed by atoms with Crippen LogP contribution in [0, 0.1) is 27.7 Å². The van der Waals surface area contributed by atoms with E-state index in [0.717, 1.165) is 140 Å². The largest absolute Gasteiger partial charge is 0.453 e. The number of halogens is 6. The molecule has 4 heterocycles. The Kier molecular flexibility index (Phi) is 11.1. The zero-order valence-corrected chi connectivity index (χ0v) is 49.9. The predicted octanol–water partition coefficient (Wildman–Crippen LogP) is 23.8. The van der Waals surface area contributed by atoms with Crippen LogP contribution < -0.4 is 9.80 Å². The molecule has 0 saturated carbocycles. The molecule has 444 valence electrons. The first-order valence-corrected chi connectivity index (χ1v) is 30.6. The van der Waals surface area contributed by atoms with Crippen molar-refractivity contribution in [2.75, 3.05) is 9.80 Å². The van der Waals surface area contributed by atoms with Gasteiger partial charge in [-0.2, -0.15) is 26.3 Å². The monoisotopic (exact) mass is 1210 g/mol. The molecule has 16 aromatic rings. The van der Waals surface area contributed by atoms with Gasteiger partial charge in [-0.05, 0) is 167 Å². The minimum atomic E-state index is -4.69. The van der Waals surface area contributed by atoms with Gasteiger partial charge in [0.2, 0.25) is 0 Å². The van der Waals surface area contributed by atoms with E-state index >= 15 is 13.2 Å². The minimum absolute atomic E-state index is 0.240. The van der Waals surface area contributed by atoms with Crippen molar-refractivity contribution in [3.8, 4) is 16.8 Å². The molecule has 1 aliphatic heterocycles. The topological polar surface area (TPSA) is 37.7 Å². The Bertz CT molecular complexity index is 5820. The van der Waals surface area contributed by atoms with E-state index in [0.29, 0.717) is 44.1 Å². The number of anilines is 6. The van der Waals surface area contributed by atoms with Gasteiger partial charge >= 0.3 is 12.4 Å². The molecular formula is C81H51F6N3O2. The second-order valence-electron chi connectivity index (χ2n) is 24.7. The van der Waals surface area contributed by atoms with Crippen molar-refractivity contribution in [1.29, 1.82) is 0 Å². The fourth-order valence-corrected chi connectivity index (χ4v) is 15.8. The molecule has 11 heteroatoms. The molecule has 0 fully saturated rings. The van der Waals surface area contributed by atoms with Gasteiger partial charge in [-0.1, -0.05) is 175 Å². The first-order valence-electron chi connectivity index (χ1n) is 30.6. The maximum Gasteiger partial charge on any atom is 0.420 e. The van der Waals surface area contributed by atoms with Crippen molar-refractivity contribution in [3.05, 3.63) is 292 Å². The van der Waals surface area contributed by atoms with E-state index in [1.807, 2.05) is 63.2 Å². The summed E-state index contributed by atoms with van der Waals surface area (Å²) in [7, 11) is 0. The molecule has 0 radical (unpaired) electrons. The van der Waals surface area contributed by atoms with Gasteiger partial charge in [0.05, 0.1) is 44.6 Å². The van der Waals surface area contributed by atoms with Crippen molar-refractivity contribution in [2.45, 2.75) is 45.5 Å². The normalized spacial score (nSPS) is 13.4. The average Bonchev–Trinajstić information content (AvgIpc) is 1.47. The Hall–Kier alpha value is -11.0. The van der Waals surface area contributed by atoms with Crippen LogP contribution in [0.5, 0.6) is 0 Å². The molecule has 1 spiro atoms. The highest BCUT2D eigenvalue weighted by atomic mass is 19.4. The molecule has 0 bridgehead atoms. The number of fused-ring (bicyclic) bond motifs is 22. The zero-order valence-electron chi connectivity index (χ0n) is 49.9. The maximum absolute atomic E-state index is 15.1. The van der Waals surface area contributed by atoms with Crippen LogP contribution in [-0.2, 0) is 17.8 Å². The van der Waals surface area contributed by atoms with E-state index < -0.39 is 28.9 Å². The number of alkyl halides is 6. The molecule has 0 unspecified atom stereocenters. The van der Waals surface area contributed by atoms with Gasteiger partial charge in [-0.25, -0.2) is 0 Å². The molecule has 0 N–H and O–H groups in total. The Morgan fingerprint density at radius 2 is 0.815 bits per heavy atom. The highest BCUT2D eigenvalue weighted by Crippen LogP contribution is 2.65. The van der Waals surface area contributed by atoms with Gasteiger partial charge in [-0.15, -0.1) is 0 Å². The van der Waals surface area contributed by atoms with E-state index in [4.69, 9.17) is 8.83 Å². The number of para-hydroxylation sites is 5. The smallest absolute Gasteiger partial charge is 0.420 e.